The van der Waals surface area contributed by atoms with Crippen LogP contribution in [0.2, 0.25) is 10.0 Å². The Bertz CT molecular complexity index is 1010. The van der Waals surface area contributed by atoms with Crippen molar-refractivity contribution < 1.29 is 23.5 Å². The van der Waals surface area contributed by atoms with Gasteiger partial charge in [0.15, 0.2) is 6.10 Å². The second-order valence-corrected chi connectivity index (χ2v) is 8.85. The number of aliphatic hydroxyl groups is 1. The predicted octanol–water partition coefficient (Wildman–Crippen LogP) is 3.47. The number of carbonyl (C=O) groups is 2. The highest BCUT2D eigenvalue weighted by atomic mass is 35.5. The van der Waals surface area contributed by atoms with Crippen LogP contribution in [0.4, 0.5) is 8.78 Å². The van der Waals surface area contributed by atoms with Crippen LogP contribution in [0, 0.1) is 0 Å². The van der Waals surface area contributed by atoms with Gasteiger partial charge >= 0.3 is 0 Å². The summed E-state index contributed by atoms with van der Waals surface area (Å²) >= 11 is 12.0. The minimum Gasteiger partial charge on any atom is -0.378 e. The van der Waals surface area contributed by atoms with Crippen molar-refractivity contribution in [3.63, 3.8) is 0 Å². The minimum atomic E-state index is -2.67. The largest absolute Gasteiger partial charge is 0.378 e. The van der Waals surface area contributed by atoms with Crippen LogP contribution in [-0.2, 0) is 22.6 Å². The van der Waals surface area contributed by atoms with E-state index in [-0.39, 0.29) is 13.0 Å². The zero-order chi connectivity index (χ0) is 24.1. The van der Waals surface area contributed by atoms with Gasteiger partial charge in [-0.2, -0.15) is 0 Å². The highest BCUT2D eigenvalue weighted by molar-refractivity contribution is 6.31. The number of aliphatic hydroxyl groups excluding tert-OH is 1. The van der Waals surface area contributed by atoms with E-state index in [4.69, 9.17) is 28.9 Å². The number of hydrogen-bond acceptors (Lipinski definition) is 4. The first kappa shape index (κ1) is 25.4. The molecule has 0 bridgehead atoms. The van der Waals surface area contributed by atoms with Crippen molar-refractivity contribution >= 4 is 35.0 Å². The molecule has 2 aromatic carbocycles. The molecule has 178 valence electrons. The van der Waals surface area contributed by atoms with E-state index in [1.807, 2.05) is 0 Å². The number of alkyl halides is 2. The molecule has 10 heteroatoms. The van der Waals surface area contributed by atoms with Gasteiger partial charge in [0, 0.05) is 23.1 Å². The van der Waals surface area contributed by atoms with E-state index in [1.54, 1.807) is 36.4 Å². The van der Waals surface area contributed by atoms with E-state index < -0.39 is 36.4 Å². The van der Waals surface area contributed by atoms with Gasteiger partial charge in [-0.15, -0.1) is 0 Å². The lowest BCUT2D eigenvalue weighted by Crippen LogP contribution is -2.47. The molecular formula is C23H25Cl2F2N3O3. The van der Waals surface area contributed by atoms with Crippen LogP contribution in [0.5, 0.6) is 0 Å². The molecule has 1 aliphatic heterocycles. The molecule has 0 saturated carbocycles. The second-order valence-electron chi connectivity index (χ2n) is 7.98. The summed E-state index contributed by atoms with van der Waals surface area (Å²) < 4.78 is 25.8. The zero-order valence-corrected chi connectivity index (χ0v) is 19.2. The van der Waals surface area contributed by atoms with Crippen LogP contribution in [0.15, 0.2) is 42.5 Å². The quantitative estimate of drug-likeness (QED) is 0.518. The fraction of sp³-hybridized carbons (Fsp3) is 0.391. The van der Waals surface area contributed by atoms with Gasteiger partial charge in [0.05, 0.1) is 6.04 Å². The Morgan fingerprint density at radius 2 is 1.88 bits per heavy atom. The van der Waals surface area contributed by atoms with Crippen LogP contribution in [0.25, 0.3) is 0 Å². The minimum absolute atomic E-state index is 0.0417. The molecule has 2 amide bonds. The van der Waals surface area contributed by atoms with Gasteiger partial charge in [0.25, 0.3) is 12.3 Å². The Kier molecular flexibility index (Phi) is 8.64. The van der Waals surface area contributed by atoms with E-state index in [1.165, 1.54) is 11.0 Å². The Hall–Kier alpha value is -2.26. The number of rotatable bonds is 8. The molecule has 0 spiro atoms. The number of nitrogens with zero attached hydrogens (tertiary/aromatic N) is 1. The molecule has 4 N–H and O–H groups in total. The summed E-state index contributed by atoms with van der Waals surface area (Å²) in [4.78, 5) is 27.1. The highest BCUT2D eigenvalue weighted by Gasteiger charge is 2.37. The average molecular weight is 500 g/mol. The van der Waals surface area contributed by atoms with E-state index in [0.717, 1.165) is 0 Å². The summed E-state index contributed by atoms with van der Waals surface area (Å²) in [6.07, 6.45) is -3.13. The number of nitrogens with one attached hydrogen (secondary N) is 1. The normalized spacial score (nSPS) is 17.8. The maximum absolute atomic E-state index is 12.9. The van der Waals surface area contributed by atoms with Gasteiger partial charge < -0.3 is 21.1 Å². The van der Waals surface area contributed by atoms with Gasteiger partial charge in [0.1, 0.15) is 6.04 Å². The van der Waals surface area contributed by atoms with Crippen LogP contribution in [-0.4, -0.2) is 46.9 Å². The van der Waals surface area contributed by atoms with Crippen molar-refractivity contribution in [2.24, 2.45) is 5.73 Å². The van der Waals surface area contributed by atoms with Crippen molar-refractivity contribution in [2.75, 3.05) is 6.54 Å². The van der Waals surface area contributed by atoms with Crippen LogP contribution in [0.3, 0.4) is 0 Å². The third-order valence-corrected chi connectivity index (χ3v) is 6.11. The lowest BCUT2D eigenvalue weighted by Gasteiger charge is -2.26. The molecule has 6 nitrogen and oxygen atoms in total. The molecule has 1 aliphatic rings. The molecule has 1 unspecified atom stereocenters. The number of benzene rings is 2. The number of carbonyl (C=O) groups excluding carboxylic acids is 2. The third kappa shape index (κ3) is 6.41. The highest BCUT2D eigenvalue weighted by Crippen LogP contribution is 2.25. The SMILES string of the molecule is NC(Cc1ccc(Cl)cc1CNC(=O)[C@@H]1CCCN1C(=O)[C@@H](O)c1cccc(Cl)c1)C(F)F. The Morgan fingerprint density at radius 3 is 2.58 bits per heavy atom. The van der Waals surface area contributed by atoms with Crippen LogP contribution >= 0.6 is 23.2 Å². The smallest absolute Gasteiger partial charge is 0.256 e. The number of amides is 2. The summed E-state index contributed by atoms with van der Waals surface area (Å²) in [5.74, 6) is -0.982. The van der Waals surface area contributed by atoms with Crippen molar-refractivity contribution in [3.8, 4) is 0 Å². The molecule has 2 aromatic rings. The summed E-state index contributed by atoms with van der Waals surface area (Å²) in [7, 11) is 0. The van der Waals surface area contributed by atoms with Crippen LogP contribution in [0.1, 0.15) is 35.6 Å². The van der Waals surface area contributed by atoms with Crippen LogP contribution < -0.4 is 11.1 Å². The van der Waals surface area contributed by atoms with E-state index >= 15 is 0 Å². The summed E-state index contributed by atoms with van der Waals surface area (Å²) in [6, 6.07) is 9.04. The number of halogens is 4. The summed E-state index contributed by atoms with van der Waals surface area (Å²) in [5.41, 5.74) is 6.98. The van der Waals surface area contributed by atoms with E-state index in [2.05, 4.69) is 5.32 Å². The van der Waals surface area contributed by atoms with E-state index in [0.29, 0.717) is 46.1 Å². The van der Waals surface area contributed by atoms with Gasteiger partial charge in [-0.25, -0.2) is 8.78 Å². The molecule has 0 radical (unpaired) electrons. The molecule has 1 heterocycles. The Labute approximate surface area is 200 Å². The zero-order valence-electron chi connectivity index (χ0n) is 17.7. The fourth-order valence-corrected chi connectivity index (χ4v) is 4.27. The van der Waals surface area contributed by atoms with E-state index in [9.17, 15) is 23.5 Å². The van der Waals surface area contributed by atoms with Crippen molar-refractivity contribution in [2.45, 2.75) is 50.4 Å². The first-order valence-corrected chi connectivity index (χ1v) is 11.3. The molecule has 3 atom stereocenters. The predicted molar refractivity (Wildman–Crippen MR) is 122 cm³/mol. The molecule has 3 rings (SSSR count). The number of hydrogen-bond donors (Lipinski definition) is 3. The van der Waals surface area contributed by atoms with Gasteiger partial charge in [-0.3, -0.25) is 9.59 Å². The Morgan fingerprint density at radius 1 is 1.15 bits per heavy atom. The maximum atomic E-state index is 12.9. The third-order valence-electron chi connectivity index (χ3n) is 5.64. The summed E-state index contributed by atoms with van der Waals surface area (Å²) in [5, 5.41) is 14.1. The standard InChI is InChI=1S/C23H25Cl2F2N3O3/c24-16-4-1-3-14(9-16)20(31)23(33)30-8-2-5-19(30)22(32)29-12-15-10-17(25)7-6-13(15)11-18(28)21(26)27/h1,3-4,6-7,9-10,18-21,31H,2,5,8,11-12,28H2,(H,29,32)/t18?,19-,20-/m0/s1. The average Bonchev–Trinajstić information content (AvgIpc) is 3.27. The van der Waals surface area contributed by atoms with Crippen molar-refractivity contribution in [1.29, 1.82) is 0 Å². The topological polar surface area (TPSA) is 95.7 Å². The monoisotopic (exact) mass is 499 g/mol. The lowest BCUT2D eigenvalue weighted by atomic mass is 10.0. The molecule has 0 aromatic heterocycles. The first-order chi connectivity index (χ1) is 15.7. The molecule has 33 heavy (non-hydrogen) atoms. The maximum Gasteiger partial charge on any atom is 0.256 e. The van der Waals surface area contributed by atoms with Crippen molar-refractivity contribution in [1.82, 2.24) is 10.2 Å². The van der Waals surface area contributed by atoms with Gasteiger partial charge in [-0.05, 0) is 60.2 Å². The second kappa shape index (κ2) is 11.2. The molecule has 0 aliphatic carbocycles. The molecule has 1 saturated heterocycles. The van der Waals surface area contributed by atoms with Crippen molar-refractivity contribution in [3.05, 3.63) is 69.2 Å². The molecule has 1 fully saturated rings. The number of likely N-dealkylation sites (tertiary alicyclic amines) is 1. The first-order valence-electron chi connectivity index (χ1n) is 10.5. The lowest BCUT2D eigenvalue weighted by molar-refractivity contribution is -0.145. The Balaban J connectivity index is 1.68. The van der Waals surface area contributed by atoms with Gasteiger partial charge in [-0.1, -0.05) is 41.4 Å². The van der Waals surface area contributed by atoms with Gasteiger partial charge in [0.2, 0.25) is 5.91 Å². The fourth-order valence-electron chi connectivity index (χ4n) is 3.88. The number of nitrogens with two attached hydrogens (primary N) is 1. The molecular weight excluding hydrogens is 475 g/mol. The summed E-state index contributed by atoms with van der Waals surface area (Å²) in [6.45, 7) is 0.375.